The van der Waals surface area contributed by atoms with Crippen LogP contribution in [0.15, 0.2) is 16.8 Å². The third kappa shape index (κ3) is 3.70. The van der Waals surface area contributed by atoms with Crippen molar-refractivity contribution >= 4 is 5.71 Å². The molecule has 0 aromatic carbocycles. The van der Waals surface area contributed by atoms with Crippen LogP contribution in [0.3, 0.4) is 0 Å². The number of piperidine rings is 1. The maximum Gasteiger partial charge on any atom is 0.129 e. The molecule has 4 aliphatic carbocycles. The molecular weight excluding hydrogens is 384 g/mol. The van der Waals surface area contributed by atoms with E-state index in [1.165, 1.54) is 70.9 Å². The summed E-state index contributed by atoms with van der Waals surface area (Å²) in [5.74, 6) is 2.27. The van der Waals surface area contributed by atoms with Crippen LogP contribution in [0, 0.1) is 28.6 Å². The first-order valence-electron chi connectivity index (χ1n) is 13.2. The second-order valence-electron chi connectivity index (χ2n) is 12.1. The second-order valence-corrected chi connectivity index (χ2v) is 12.1. The Kier molecular flexibility index (Phi) is 5.78. The Bertz CT molecular complexity index is 738. The standard InChI is InChI=1S/C27H44N2O2/c1-25-12-9-21(28-31-18-17-29-15-5-4-6-16-29)19-20(25)7-8-22-23(25)10-13-26(2)24(22)11-14-27(26,3)30/h19,22-24,30H,4-18H2,1-3H3/b28-21-. The predicted octanol–water partition coefficient (Wildman–Crippen LogP) is 5.56. The van der Waals surface area contributed by atoms with Crippen LogP contribution in [0.5, 0.6) is 0 Å². The maximum atomic E-state index is 11.1. The summed E-state index contributed by atoms with van der Waals surface area (Å²) in [7, 11) is 0. The van der Waals surface area contributed by atoms with Gasteiger partial charge in [0.1, 0.15) is 6.61 Å². The van der Waals surface area contributed by atoms with Crippen LogP contribution in [-0.4, -0.2) is 47.6 Å². The van der Waals surface area contributed by atoms with Gasteiger partial charge in [-0.25, -0.2) is 0 Å². The van der Waals surface area contributed by atoms with Gasteiger partial charge in [0, 0.05) is 6.54 Å². The lowest BCUT2D eigenvalue weighted by Crippen LogP contribution is -2.53. The van der Waals surface area contributed by atoms with Gasteiger partial charge in [0.25, 0.3) is 0 Å². The highest BCUT2D eigenvalue weighted by Gasteiger charge is 2.62. The average Bonchev–Trinajstić information content (AvgIpc) is 3.01. The van der Waals surface area contributed by atoms with Crippen molar-refractivity contribution in [3.63, 3.8) is 0 Å². The molecule has 6 unspecified atom stereocenters. The van der Waals surface area contributed by atoms with Crippen LogP contribution < -0.4 is 0 Å². The summed E-state index contributed by atoms with van der Waals surface area (Å²) in [6.07, 6.45) is 15.9. The molecule has 1 saturated heterocycles. The highest BCUT2D eigenvalue weighted by Crippen LogP contribution is 2.67. The largest absolute Gasteiger partial charge is 0.394 e. The van der Waals surface area contributed by atoms with Crippen LogP contribution in [0.25, 0.3) is 0 Å². The van der Waals surface area contributed by atoms with Crippen LogP contribution in [-0.2, 0) is 4.84 Å². The lowest BCUT2D eigenvalue weighted by atomic mass is 9.46. The summed E-state index contributed by atoms with van der Waals surface area (Å²) in [5.41, 5.74) is 2.76. The van der Waals surface area contributed by atoms with E-state index in [0.717, 1.165) is 43.5 Å². The molecule has 5 aliphatic rings. The summed E-state index contributed by atoms with van der Waals surface area (Å²) in [6.45, 7) is 11.2. The molecule has 0 spiro atoms. The third-order valence-corrected chi connectivity index (χ3v) is 10.7. The molecule has 5 rings (SSSR count). The van der Waals surface area contributed by atoms with E-state index in [2.05, 4.69) is 36.9 Å². The van der Waals surface area contributed by atoms with Crippen molar-refractivity contribution in [3.8, 4) is 0 Å². The number of hydrogen-bond acceptors (Lipinski definition) is 4. The molecule has 1 heterocycles. The first-order valence-corrected chi connectivity index (χ1v) is 13.2. The molecular formula is C27H44N2O2. The van der Waals surface area contributed by atoms with Gasteiger partial charge in [0.15, 0.2) is 0 Å². The first kappa shape index (κ1) is 21.9. The fourth-order valence-corrected chi connectivity index (χ4v) is 8.37. The Hall–Kier alpha value is -0.870. The molecule has 0 bridgehead atoms. The summed E-state index contributed by atoms with van der Waals surface area (Å²) >= 11 is 0. The molecule has 0 radical (unpaired) electrons. The van der Waals surface area contributed by atoms with E-state index in [0.29, 0.717) is 11.3 Å². The van der Waals surface area contributed by atoms with Crippen LogP contribution in [0.4, 0.5) is 0 Å². The van der Waals surface area contributed by atoms with Crippen molar-refractivity contribution in [1.29, 1.82) is 0 Å². The van der Waals surface area contributed by atoms with Gasteiger partial charge in [0.05, 0.1) is 11.3 Å². The summed E-state index contributed by atoms with van der Waals surface area (Å²) in [6, 6.07) is 0. The first-order chi connectivity index (χ1) is 14.8. The second kappa shape index (κ2) is 8.17. The molecule has 6 atom stereocenters. The zero-order chi connectivity index (χ0) is 21.7. The number of likely N-dealkylation sites (tertiary alicyclic amines) is 1. The lowest BCUT2D eigenvalue weighted by molar-refractivity contribution is -0.117. The minimum Gasteiger partial charge on any atom is -0.394 e. The van der Waals surface area contributed by atoms with Gasteiger partial charge in [-0.3, -0.25) is 4.90 Å². The zero-order valence-corrected chi connectivity index (χ0v) is 20.2. The van der Waals surface area contributed by atoms with Gasteiger partial charge < -0.3 is 9.94 Å². The Morgan fingerprint density at radius 2 is 1.77 bits per heavy atom. The molecule has 1 N–H and O–H groups in total. The van der Waals surface area contributed by atoms with Gasteiger partial charge in [-0.05, 0) is 119 Å². The van der Waals surface area contributed by atoms with Crippen molar-refractivity contribution in [3.05, 3.63) is 11.6 Å². The van der Waals surface area contributed by atoms with E-state index in [1.54, 1.807) is 5.57 Å². The molecule has 4 heteroatoms. The van der Waals surface area contributed by atoms with Crippen molar-refractivity contribution < 1.29 is 9.94 Å². The minimum atomic E-state index is -0.475. The smallest absolute Gasteiger partial charge is 0.129 e. The van der Waals surface area contributed by atoms with E-state index in [1.807, 2.05) is 0 Å². The van der Waals surface area contributed by atoms with Crippen molar-refractivity contribution in [2.24, 2.45) is 33.7 Å². The Balaban J connectivity index is 1.24. The number of fused-ring (bicyclic) bond motifs is 5. The highest BCUT2D eigenvalue weighted by molar-refractivity contribution is 5.96. The average molecular weight is 429 g/mol. The maximum absolute atomic E-state index is 11.1. The van der Waals surface area contributed by atoms with E-state index < -0.39 is 5.60 Å². The molecule has 4 fully saturated rings. The number of rotatable bonds is 4. The Morgan fingerprint density at radius 3 is 2.58 bits per heavy atom. The summed E-state index contributed by atoms with van der Waals surface area (Å²) < 4.78 is 0. The number of oxime groups is 1. The SMILES string of the molecule is CC12CC/C(=N/OCCN3CCCCC3)C=C1CCC1C2CCC2(C)C1CCC2(C)O. The third-order valence-electron chi connectivity index (χ3n) is 10.7. The Labute approximate surface area is 189 Å². The molecule has 174 valence electrons. The van der Waals surface area contributed by atoms with Gasteiger partial charge in [-0.2, -0.15) is 0 Å². The van der Waals surface area contributed by atoms with Crippen molar-refractivity contribution in [2.75, 3.05) is 26.2 Å². The molecule has 0 aromatic heterocycles. The van der Waals surface area contributed by atoms with Crippen molar-refractivity contribution in [1.82, 2.24) is 4.90 Å². The van der Waals surface area contributed by atoms with E-state index in [9.17, 15) is 5.11 Å². The molecule has 0 aromatic rings. The predicted molar refractivity (Wildman–Crippen MR) is 126 cm³/mol. The minimum absolute atomic E-state index is 0.120. The lowest BCUT2D eigenvalue weighted by Gasteiger charge is -2.59. The zero-order valence-electron chi connectivity index (χ0n) is 20.2. The number of allylic oxidation sites excluding steroid dienone is 2. The normalized spacial score (nSPS) is 46.8. The molecule has 0 amide bonds. The highest BCUT2D eigenvalue weighted by atomic mass is 16.6. The van der Waals surface area contributed by atoms with E-state index in [-0.39, 0.29) is 5.41 Å². The van der Waals surface area contributed by atoms with Gasteiger partial charge in [-0.1, -0.05) is 31.0 Å². The number of aliphatic hydroxyl groups is 1. The fourth-order valence-electron chi connectivity index (χ4n) is 8.37. The molecule has 31 heavy (non-hydrogen) atoms. The summed E-state index contributed by atoms with van der Waals surface area (Å²) in [5, 5.41) is 15.7. The fraction of sp³-hybridized carbons (Fsp3) is 0.889. The molecule has 1 aliphatic heterocycles. The van der Waals surface area contributed by atoms with Crippen LogP contribution >= 0.6 is 0 Å². The van der Waals surface area contributed by atoms with Gasteiger partial charge in [-0.15, -0.1) is 0 Å². The quantitative estimate of drug-likeness (QED) is 0.471. The Morgan fingerprint density at radius 1 is 1.00 bits per heavy atom. The summed E-state index contributed by atoms with van der Waals surface area (Å²) in [4.78, 5) is 8.27. The van der Waals surface area contributed by atoms with E-state index >= 15 is 0 Å². The van der Waals surface area contributed by atoms with Gasteiger partial charge in [0.2, 0.25) is 0 Å². The topological polar surface area (TPSA) is 45.1 Å². The monoisotopic (exact) mass is 428 g/mol. The number of nitrogens with zero attached hydrogens (tertiary/aromatic N) is 2. The van der Waals surface area contributed by atoms with Gasteiger partial charge >= 0.3 is 0 Å². The molecule has 4 nitrogen and oxygen atoms in total. The van der Waals surface area contributed by atoms with Crippen molar-refractivity contribution in [2.45, 2.75) is 97.0 Å². The van der Waals surface area contributed by atoms with Crippen LogP contribution in [0.2, 0.25) is 0 Å². The number of hydrogen-bond donors (Lipinski definition) is 1. The molecule has 3 saturated carbocycles. The van der Waals surface area contributed by atoms with Crippen LogP contribution in [0.1, 0.15) is 91.4 Å². The van der Waals surface area contributed by atoms with E-state index in [4.69, 9.17) is 4.84 Å².